The van der Waals surface area contributed by atoms with Crippen LogP contribution in [0.5, 0.6) is 0 Å². The summed E-state index contributed by atoms with van der Waals surface area (Å²) in [5.41, 5.74) is 3.37. The number of rotatable bonds is 3. The number of benzene rings is 2. The Balaban J connectivity index is 1.79. The second-order valence-corrected chi connectivity index (χ2v) is 4.34. The third kappa shape index (κ3) is 2.75. The Hall–Kier alpha value is -2.32. The molecule has 2 aromatic carbocycles. The molecule has 0 unspecified atom stereocenters. The third-order valence-electron chi connectivity index (χ3n) is 3.00. The van der Waals surface area contributed by atoms with Gasteiger partial charge >= 0.3 is 0 Å². The standard InChI is InChI=1S/C17H15NO/c1-2-8-15(9-3-1)14-19-18-13-7-6-11-16-10-4-5-12-17(16)18/h1-13H,14H2. The molecule has 1 heterocycles. The molecule has 2 nitrogen and oxygen atoms in total. The van der Waals surface area contributed by atoms with Gasteiger partial charge in [-0.2, -0.15) is 0 Å². The minimum atomic E-state index is 0.555. The van der Waals surface area contributed by atoms with Crippen LogP contribution in [0.25, 0.3) is 6.08 Å². The van der Waals surface area contributed by atoms with Gasteiger partial charge in [0.25, 0.3) is 0 Å². The van der Waals surface area contributed by atoms with E-state index in [1.165, 1.54) is 0 Å². The number of nitrogens with zero attached hydrogens (tertiary/aromatic N) is 1. The number of hydrogen-bond acceptors (Lipinski definition) is 2. The normalized spacial score (nSPS) is 13.2. The molecule has 0 spiro atoms. The van der Waals surface area contributed by atoms with E-state index in [1.54, 1.807) is 0 Å². The highest BCUT2D eigenvalue weighted by atomic mass is 16.7. The largest absolute Gasteiger partial charge is 0.264 e. The van der Waals surface area contributed by atoms with E-state index in [0.29, 0.717) is 6.61 Å². The Labute approximate surface area is 113 Å². The quantitative estimate of drug-likeness (QED) is 0.809. The van der Waals surface area contributed by atoms with Gasteiger partial charge in [-0.3, -0.25) is 4.84 Å². The van der Waals surface area contributed by atoms with Crippen LogP contribution in [0, 0.1) is 0 Å². The fourth-order valence-electron chi connectivity index (χ4n) is 2.03. The first-order valence-corrected chi connectivity index (χ1v) is 6.33. The minimum absolute atomic E-state index is 0.555. The molecule has 1 aliphatic heterocycles. The molecule has 3 rings (SSSR count). The zero-order chi connectivity index (χ0) is 12.9. The maximum Gasteiger partial charge on any atom is 0.100 e. The van der Waals surface area contributed by atoms with Crippen molar-refractivity contribution >= 4 is 11.8 Å². The molecule has 0 N–H and O–H groups in total. The Kier molecular flexibility index (Phi) is 3.43. The van der Waals surface area contributed by atoms with E-state index < -0.39 is 0 Å². The molecule has 0 fully saturated rings. The molecule has 0 atom stereocenters. The van der Waals surface area contributed by atoms with Crippen LogP contribution in [0.1, 0.15) is 11.1 Å². The second kappa shape index (κ2) is 5.55. The van der Waals surface area contributed by atoms with Crippen LogP contribution in [0.3, 0.4) is 0 Å². The van der Waals surface area contributed by atoms with E-state index in [2.05, 4.69) is 30.3 Å². The monoisotopic (exact) mass is 249 g/mol. The highest BCUT2D eigenvalue weighted by molar-refractivity contribution is 5.70. The number of para-hydroxylation sites is 1. The molecule has 0 aliphatic carbocycles. The van der Waals surface area contributed by atoms with Crippen molar-refractivity contribution in [1.29, 1.82) is 0 Å². The molecule has 0 amide bonds. The van der Waals surface area contributed by atoms with Crippen molar-refractivity contribution in [1.82, 2.24) is 0 Å². The first-order chi connectivity index (χ1) is 9.43. The number of hydrogen-bond donors (Lipinski definition) is 0. The average Bonchev–Trinajstić information content (AvgIpc) is 2.68. The Morgan fingerprint density at radius 1 is 0.842 bits per heavy atom. The van der Waals surface area contributed by atoms with Crippen molar-refractivity contribution in [3.63, 3.8) is 0 Å². The van der Waals surface area contributed by atoms with Gasteiger partial charge in [0.05, 0.1) is 5.69 Å². The highest BCUT2D eigenvalue weighted by Gasteiger charge is 2.09. The van der Waals surface area contributed by atoms with Crippen molar-refractivity contribution in [2.24, 2.45) is 0 Å². The Morgan fingerprint density at radius 3 is 2.53 bits per heavy atom. The lowest BCUT2D eigenvalue weighted by atomic mass is 10.2. The van der Waals surface area contributed by atoms with Crippen LogP contribution in [-0.2, 0) is 11.4 Å². The van der Waals surface area contributed by atoms with Crippen molar-refractivity contribution in [2.45, 2.75) is 6.61 Å². The van der Waals surface area contributed by atoms with Crippen LogP contribution in [0.15, 0.2) is 72.9 Å². The van der Waals surface area contributed by atoms with Gasteiger partial charge in [-0.1, -0.05) is 60.7 Å². The minimum Gasteiger partial charge on any atom is -0.264 e. The van der Waals surface area contributed by atoms with Gasteiger partial charge < -0.3 is 0 Å². The van der Waals surface area contributed by atoms with Crippen LogP contribution in [-0.4, -0.2) is 0 Å². The fourth-order valence-corrected chi connectivity index (χ4v) is 2.03. The predicted molar refractivity (Wildman–Crippen MR) is 78.3 cm³/mol. The summed E-state index contributed by atoms with van der Waals surface area (Å²) < 4.78 is 0. The van der Waals surface area contributed by atoms with Gasteiger partial charge in [0, 0.05) is 11.8 Å². The lowest BCUT2D eigenvalue weighted by molar-refractivity contribution is 0.118. The Morgan fingerprint density at radius 2 is 1.63 bits per heavy atom. The molecule has 0 aromatic heterocycles. The van der Waals surface area contributed by atoms with Crippen LogP contribution < -0.4 is 5.06 Å². The molecule has 19 heavy (non-hydrogen) atoms. The summed E-state index contributed by atoms with van der Waals surface area (Å²) in [5, 5.41) is 1.82. The van der Waals surface area contributed by atoms with Crippen molar-refractivity contribution in [3.8, 4) is 0 Å². The van der Waals surface area contributed by atoms with Crippen molar-refractivity contribution < 1.29 is 4.84 Å². The van der Waals surface area contributed by atoms with E-state index in [4.69, 9.17) is 4.84 Å². The molecular weight excluding hydrogens is 234 g/mol. The smallest absolute Gasteiger partial charge is 0.100 e. The number of anilines is 1. The van der Waals surface area contributed by atoms with Crippen LogP contribution in [0.4, 0.5) is 5.69 Å². The van der Waals surface area contributed by atoms with Gasteiger partial charge in [0.15, 0.2) is 0 Å². The van der Waals surface area contributed by atoms with Gasteiger partial charge in [0.2, 0.25) is 0 Å². The second-order valence-electron chi connectivity index (χ2n) is 4.34. The highest BCUT2D eigenvalue weighted by Crippen LogP contribution is 2.25. The fraction of sp³-hybridized carbons (Fsp3) is 0.0588. The SMILES string of the molecule is C1=Cc2ccccc2N(OCc2ccccc2)C=C1. The average molecular weight is 249 g/mol. The van der Waals surface area contributed by atoms with Gasteiger partial charge in [-0.15, -0.1) is 0 Å². The number of hydroxylamine groups is 1. The first-order valence-electron chi connectivity index (χ1n) is 6.33. The van der Waals surface area contributed by atoms with Gasteiger partial charge in [-0.05, 0) is 17.7 Å². The van der Waals surface area contributed by atoms with Gasteiger partial charge in [-0.25, -0.2) is 5.06 Å². The number of allylic oxidation sites excluding steroid dienone is 2. The molecule has 0 radical (unpaired) electrons. The third-order valence-corrected chi connectivity index (χ3v) is 3.00. The van der Waals surface area contributed by atoms with E-state index in [-0.39, 0.29) is 0 Å². The summed E-state index contributed by atoms with van der Waals surface area (Å²) in [4.78, 5) is 5.88. The summed E-state index contributed by atoms with van der Waals surface area (Å²) in [6.07, 6.45) is 8.01. The van der Waals surface area contributed by atoms with E-state index in [0.717, 1.165) is 16.8 Å². The number of fused-ring (bicyclic) bond motifs is 1. The maximum absolute atomic E-state index is 5.88. The lowest BCUT2D eigenvalue weighted by Crippen LogP contribution is -2.16. The molecule has 94 valence electrons. The summed E-state index contributed by atoms with van der Waals surface area (Å²) in [6, 6.07) is 18.4. The molecule has 1 aliphatic rings. The summed E-state index contributed by atoms with van der Waals surface area (Å²) >= 11 is 0. The predicted octanol–water partition coefficient (Wildman–Crippen LogP) is 4.17. The summed E-state index contributed by atoms with van der Waals surface area (Å²) in [7, 11) is 0. The van der Waals surface area contributed by atoms with Crippen LogP contribution >= 0.6 is 0 Å². The zero-order valence-electron chi connectivity index (χ0n) is 10.6. The Bertz CT molecular complexity index is 602. The molecule has 2 aromatic rings. The molecule has 0 saturated carbocycles. The van der Waals surface area contributed by atoms with Gasteiger partial charge in [0.1, 0.15) is 6.61 Å². The van der Waals surface area contributed by atoms with E-state index >= 15 is 0 Å². The topological polar surface area (TPSA) is 12.5 Å². The molecular formula is C17H15NO. The van der Waals surface area contributed by atoms with Crippen LogP contribution in [0.2, 0.25) is 0 Å². The molecule has 0 saturated heterocycles. The molecule has 2 heteroatoms. The summed E-state index contributed by atoms with van der Waals surface area (Å²) in [6.45, 7) is 0.555. The maximum atomic E-state index is 5.88. The van der Waals surface area contributed by atoms with Crippen molar-refractivity contribution in [2.75, 3.05) is 5.06 Å². The first kappa shape index (κ1) is 11.8. The lowest BCUT2D eigenvalue weighted by Gasteiger charge is -2.21. The van der Waals surface area contributed by atoms with E-state index in [9.17, 15) is 0 Å². The molecule has 0 bridgehead atoms. The van der Waals surface area contributed by atoms with Crippen molar-refractivity contribution in [3.05, 3.63) is 84.1 Å². The zero-order valence-corrected chi connectivity index (χ0v) is 10.6. The van der Waals surface area contributed by atoms with E-state index in [1.807, 2.05) is 53.7 Å². The summed E-state index contributed by atoms with van der Waals surface area (Å²) in [5.74, 6) is 0.